The molecule has 25 heavy (non-hydrogen) atoms. The Morgan fingerprint density at radius 2 is 1.96 bits per heavy atom. The van der Waals surface area contributed by atoms with Gasteiger partial charge >= 0.3 is 0 Å². The molecule has 1 aliphatic heterocycles. The number of rotatable bonds is 3. The van der Waals surface area contributed by atoms with Gasteiger partial charge in [-0.05, 0) is 60.6 Å². The van der Waals surface area contributed by atoms with Crippen LogP contribution in [0.25, 0.3) is 0 Å². The maximum atomic E-state index is 13.3. The highest BCUT2D eigenvalue weighted by molar-refractivity contribution is 7.99. The Morgan fingerprint density at radius 3 is 2.64 bits per heavy atom. The van der Waals surface area contributed by atoms with Gasteiger partial charge in [0.05, 0.1) is 7.11 Å². The first-order valence-electron chi connectivity index (χ1n) is 8.90. The van der Waals surface area contributed by atoms with Crippen LogP contribution in [0.3, 0.4) is 0 Å². The van der Waals surface area contributed by atoms with Crippen LogP contribution in [0.15, 0.2) is 22.3 Å². The predicted octanol–water partition coefficient (Wildman–Crippen LogP) is 4.91. The van der Waals surface area contributed by atoms with Gasteiger partial charge in [-0.2, -0.15) is 0 Å². The quantitative estimate of drug-likeness (QED) is 0.568. The third kappa shape index (κ3) is 3.05. The summed E-state index contributed by atoms with van der Waals surface area (Å²) in [5.41, 5.74) is 4.38. The highest BCUT2D eigenvalue weighted by atomic mass is 32.2. The number of ether oxygens (including phenoxy) is 1. The molecule has 0 saturated carbocycles. The van der Waals surface area contributed by atoms with Crippen LogP contribution in [0.5, 0.6) is 0 Å². The molecule has 3 nitrogen and oxygen atoms in total. The summed E-state index contributed by atoms with van der Waals surface area (Å²) in [5.74, 6) is 1.39. The van der Waals surface area contributed by atoms with Gasteiger partial charge in [0.2, 0.25) is 0 Å². The van der Waals surface area contributed by atoms with Crippen LogP contribution >= 0.6 is 11.8 Å². The first-order chi connectivity index (χ1) is 11.8. The van der Waals surface area contributed by atoms with Crippen LogP contribution in [0.4, 0.5) is 0 Å². The van der Waals surface area contributed by atoms with E-state index in [9.17, 15) is 9.59 Å². The van der Waals surface area contributed by atoms with E-state index in [0.29, 0.717) is 24.2 Å². The molecular weight excluding hydrogens is 332 g/mol. The zero-order valence-corrected chi connectivity index (χ0v) is 16.6. The summed E-state index contributed by atoms with van der Waals surface area (Å²) in [5, 5.41) is 0. The Kier molecular flexibility index (Phi) is 4.84. The third-order valence-electron chi connectivity index (χ3n) is 5.46. The highest BCUT2D eigenvalue weighted by Gasteiger charge is 2.35. The Hall–Kier alpha value is -1.55. The van der Waals surface area contributed by atoms with Crippen molar-refractivity contribution in [1.82, 2.24) is 0 Å². The molecule has 0 bridgehead atoms. The van der Waals surface area contributed by atoms with Gasteiger partial charge < -0.3 is 4.74 Å². The van der Waals surface area contributed by atoms with E-state index in [1.165, 1.54) is 10.5 Å². The summed E-state index contributed by atoms with van der Waals surface area (Å²) in [6.07, 6.45) is 2.93. The average Bonchev–Trinajstić information content (AvgIpc) is 2.56. The Morgan fingerprint density at radius 1 is 1.24 bits per heavy atom. The van der Waals surface area contributed by atoms with Crippen molar-refractivity contribution >= 4 is 23.3 Å². The lowest BCUT2D eigenvalue weighted by molar-refractivity contribution is -0.116. The molecule has 0 aromatic heterocycles. The first kappa shape index (κ1) is 18.2. The van der Waals surface area contributed by atoms with Gasteiger partial charge in [-0.3, -0.25) is 9.59 Å². The minimum Gasteiger partial charge on any atom is -0.500 e. The predicted molar refractivity (Wildman–Crippen MR) is 102 cm³/mol. The molecular formula is C21H26O3S. The van der Waals surface area contributed by atoms with E-state index in [0.717, 1.165) is 29.7 Å². The molecule has 2 aliphatic rings. The molecule has 0 spiro atoms. The fourth-order valence-electron chi connectivity index (χ4n) is 4.07. The molecule has 0 unspecified atom stereocenters. The molecule has 134 valence electrons. The van der Waals surface area contributed by atoms with Gasteiger partial charge in [0.25, 0.3) is 0 Å². The lowest BCUT2D eigenvalue weighted by Gasteiger charge is -2.35. The van der Waals surface area contributed by atoms with Crippen LogP contribution in [0.1, 0.15) is 66.6 Å². The van der Waals surface area contributed by atoms with Gasteiger partial charge in [0.1, 0.15) is 11.3 Å². The maximum Gasteiger partial charge on any atom is 0.200 e. The number of hydrogen-bond donors (Lipinski definition) is 0. The number of hydrogen-bond acceptors (Lipinski definition) is 4. The number of carbonyl (C=O) groups excluding carboxylic acids is 2. The summed E-state index contributed by atoms with van der Waals surface area (Å²) in [6, 6.07) is 1.97. The minimum absolute atomic E-state index is 0.0424. The molecule has 0 N–H and O–H groups in total. The van der Waals surface area contributed by atoms with E-state index in [1.54, 1.807) is 7.11 Å². The average molecular weight is 359 g/mol. The van der Waals surface area contributed by atoms with Crippen molar-refractivity contribution in [2.75, 3.05) is 12.9 Å². The van der Waals surface area contributed by atoms with E-state index >= 15 is 0 Å². The monoisotopic (exact) mass is 358 g/mol. The molecule has 0 amide bonds. The van der Waals surface area contributed by atoms with Crippen molar-refractivity contribution < 1.29 is 14.3 Å². The molecule has 0 radical (unpaired) electrons. The third-order valence-corrected chi connectivity index (χ3v) is 6.68. The molecule has 1 heterocycles. The topological polar surface area (TPSA) is 43.4 Å². The number of thioether (sulfide) groups is 1. The summed E-state index contributed by atoms with van der Waals surface area (Å²) in [4.78, 5) is 27.0. The maximum absolute atomic E-state index is 13.3. The van der Waals surface area contributed by atoms with Crippen molar-refractivity contribution in [1.29, 1.82) is 0 Å². The summed E-state index contributed by atoms with van der Waals surface area (Å²) in [7, 11) is 1.55. The fraction of sp³-hybridized carbons (Fsp3) is 0.524. The molecule has 0 fully saturated rings. The van der Waals surface area contributed by atoms with E-state index in [4.69, 9.17) is 4.74 Å². The number of carbonyl (C=O) groups is 2. The van der Waals surface area contributed by atoms with Crippen molar-refractivity contribution in [3.05, 3.63) is 39.7 Å². The zero-order valence-electron chi connectivity index (χ0n) is 15.7. The van der Waals surface area contributed by atoms with Crippen molar-refractivity contribution in [2.24, 2.45) is 0 Å². The van der Waals surface area contributed by atoms with Gasteiger partial charge in [-0.15, -0.1) is 11.8 Å². The highest BCUT2D eigenvalue weighted by Crippen LogP contribution is 2.46. The Labute approximate surface area is 154 Å². The number of methoxy groups -OCH3 is 1. The van der Waals surface area contributed by atoms with Gasteiger partial charge in [-0.1, -0.05) is 13.8 Å². The molecule has 3 rings (SSSR count). The molecule has 1 aromatic rings. The minimum atomic E-state index is -0.170. The van der Waals surface area contributed by atoms with Crippen LogP contribution in [-0.4, -0.2) is 24.4 Å². The van der Waals surface area contributed by atoms with Gasteiger partial charge in [0.15, 0.2) is 11.6 Å². The SMILES string of the molecule is COC1=C(C(=O)c2cc(C)c3c(c2C)C(C)(C)CCS3)C(=O)CCC1. The van der Waals surface area contributed by atoms with E-state index < -0.39 is 0 Å². The van der Waals surface area contributed by atoms with E-state index in [-0.39, 0.29) is 22.6 Å². The van der Waals surface area contributed by atoms with E-state index in [1.807, 2.05) is 24.8 Å². The Bertz CT molecular complexity index is 787. The van der Waals surface area contributed by atoms with Crippen LogP contribution < -0.4 is 0 Å². The number of aryl methyl sites for hydroxylation is 1. The van der Waals surface area contributed by atoms with Crippen molar-refractivity contribution in [3.8, 4) is 0 Å². The Balaban J connectivity index is 2.19. The lowest BCUT2D eigenvalue weighted by atomic mass is 9.76. The smallest absolute Gasteiger partial charge is 0.200 e. The largest absolute Gasteiger partial charge is 0.500 e. The summed E-state index contributed by atoms with van der Waals surface area (Å²) in [6.45, 7) is 8.59. The van der Waals surface area contributed by atoms with E-state index in [2.05, 4.69) is 20.8 Å². The second-order valence-electron chi connectivity index (χ2n) is 7.66. The fourth-order valence-corrected chi connectivity index (χ4v) is 5.75. The van der Waals surface area contributed by atoms with Gasteiger partial charge in [-0.25, -0.2) is 0 Å². The van der Waals surface area contributed by atoms with Crippen molar-refractivity contribution in [2.45, 2.75) is 63.7 Å². The van der Waals surface area contributed by atoms with Crippen molar-refractivity contribution in [3.63, 3.8) is 0 Å². The number of fused-ring (bicyclic) bond motifs is 1. The molecule has 0 saturated heterocycles. The number of allylic oxidation sites excluding steroid dienone is 2. The van der Waals surface area contributed by atoms with Crippen LogP contribution in [0.2, 0.25) is 0 Å². The van der Waals surface area contributed by atoms with Crippen LogP contribution in [0, 0.1) is 13.8 Å². The number of Topliss-reactive ketones (excluding diaryl/α,β-unsaturated/α-hetero) is 2. The summed E-state index contributed by atoms with van der Waals surface area (Å²) >= 11 is 1.88. The molecule has 0 atom stereocenters. The molecule has 1 aliphatic carbocycles. The number of benzene rings is 1. The second-order valence-corrected chi connectivity index (χ2v) is 8.77. The van der Waals surface area contributed by atoms with Gasteiger partial charge in [0, 0.05) is 23.3 Å². The standard InChI is InChI=1S/C21H26O3S/c1-12-11-14(13(2)18-20(12)25-10-9-21(18,3)4)19(23)17-15(22)7-6-8-16(17)24-5/h11H,6-10H2,1-5H3. The second kappa shape index (κ2) is 6.64. The first-order valence-corrected chi connectivity index (χ1v) is 9.89. The van der Waals surface area contributed by atoms with Crippen LogP contribution in [-0.2, 0) is 14.9 Å². The lowest BCUT2D eigenvalue weighted by Crippen LogP contribution is -2.27. The molecule has 4 heteroatoms. The summed E-state index contributed by atoms with van der Waals surface area (Å²) < 4.78 is 5.37. The molecule has 1 aromatic carbocycles. The zero-order chi connectivity index (χ0) is 18.4. The normalized spacial score (nSPS) is 19.6. The number of ketones is 2.